The minimum atomic E-state index is -0.551. The molecular weight excluding hydrogens is 495 g/mol. The number of non-ortho nitro benzene ring substituents is 1. The molecule has 0 saturated carbocycles. The molecule has 0 aliphatic rings. The van der Waals surface area contributed by atoms with Crippen LogP contribution in [0.2, 0.25) is 0 Å². The zero-order valence-electron chi connectivity index (χ0n) is 17.2. The molecule has 0 N–H and O–H groups in total. The Morgan fingerprint density at radius 2 is 2.00 bits per heavy atom. The molecule has 0 bridgehead atoms. The fourth-order valence-electron chi connectivity index (χ4n) is 3.17. The van der Waals surface area contributed by atoms with Gasteiger partial charge in [0, 0.05) is 27.7 Å². The summed E-state index contributed by atoms with van der Waals surface area (Å²) in [4.78, 5) is 28.0. The molecule has 0 unspecified atom stereocenters. The molecule has 0 aliphatic heterocycles. The highest BCUT2D eigenvalue weighted by atomic mass is 79.9. The predicted molar refractivity (Wildman–Crippen MR) is 125 cm³/mol. The van der Waals surface area contributed by atoms with Crippen molar-refractivity contribution in [2.24, 2.45) is 5.10 Å². The number of ether oxygens (including phenoxy) is 1. The lowest BCUT2D eigenvalue weighted by molar-refractivity contribution is -0.384. The SMILES string of the molecule is Cc1nc2ccc(Br)cc2c(=O)n1N=Cc1cc([N+](=O)[O-])ccc1OCc1ccccc1F. The molecular formula is C23H16BrFN4O4. The van der Waals surface area contributed by atoms with Crippen LogP contribution >= 0.6 is 15.9 Å². The number of rotatable bonds is 6. The lowest BCUT2D eigenvalue weighted by Crippen LogP contribution is -2.20. The molecule has 4 aromatic rings. The van der Waals surface area contributed by atoms with Crippen molar-refractivity contribution in [3.63, 3.8) is 0 Å². The van der Waals surface area contributed by atoms with E-state index in [-0.39, 0.29) is 23.6 Å². The summed E-state index contributed by atoms with van der Waals surface area (Å²) in [5.74, 6) is 0.158. The third-order valence-electron chi connectivity index (χ3n) is 4.83. The first-order valence-electron chi connectivity index (χ1n) is 9.71. The second-order valence-corrected chi connectivity index (χ2v) is 7.96. The molecule has 1 heterocycles. The van der Waals surface area contributed by atoms with Gasteiger partial charge in [0.15, 0.2) is 0 Å². The number of hydrogen-bond donors (Lipinski definition) is 0. The van der Waals surface area contributed by atoms with Crippen molar-refractivity contribution in [2.45, 2.75) is 13.5 Å². The Bertz CT molecular complexity index is 1470. The monoisotopic (exact) mass is 510 g/mol. The van der Waals surface area contributed by atoms with E-state index in [9.17, 15) is 19.3 Å². The van der Waals surface area contributed by atoms with Crippen LogP contribution in [0.3, 0.4) is 0 Å². The van der Waals surface area contributed by atoms with E-state index in [0.29, 0.717) is 22.3 Å². The molecule has 8 nitrogen and oxygen atoms in total. The average Bonchev–Trinajstić information content (AvgIpc) is 2.79. The fraction of sp³-hybridized carbons (Fsp3) is 0.0870. The van der Waals surface area contributed by atoms with E-state index >= 15 is 0 Å². The van der Waals surface area contributed by atoms with Crippen LogP contribution in [0.5, 0.6) is 5.75 Å². The summed E-state index contributed by atoms with van der Waals surface area (Å²) in [6, 6.07) is 15.2. The van der Waals surface area contributed by atoms with Gasteiger partial charge in [0.2, 0.25) is 0 Å². The second-order valence-electron chi connectivity index (χ2n) is 7.04. The van der Waals surface area contributed by atoms with Crippen molar-refractivity contribution in [3.8, 4) is 5.75 Å². The number of aryl methyl sites for hydroxylation is 1. The van der Waals surface area contributed by atoms with Crippen molar-refractivity contribution >= 4 is 38.7 Å². The second kappa shape index (κ2) is 9.29. The lowest BCUT2D eigenvalue weighted by atomic mass is 10.2. The Hall–Kier alpha value is -3.92. The maximum absolute atomic E-state index is 13.9. The largest absolute Gasteiger partial charge is 0.488 e. The first-order valence-corrected chi connectivity index (χ1v) is 10.5. The molecule has 4 rings (SSSR count). The molecule has 0 spiro atoms. The number of hydrogen-bond acceptors (Lipinski definition) is 6. The van der Waals surface area contributed by atoms with Crippen LogP contribution in [-0.4, -0.2) is 20.8 Å². The van der Waals surface area contributed by atoms with Crippen LogP contribution in [0.1, 0.15) is 17.0 Å². The summed E-state index contributed by atoms with van der Waals surface area (Å²) < 4.78 is 21.5. The molecule has 0 aliphatic carbocycles. The molecule has 0 amide bonds. The van der Waals surface area contributed by atoms with Crippen molar-refractivity contribution in [3.05, 3.63) is 108 Å². The van der Waals surface area contributed by atoms with Gasteiger partial charge in [-0.05, 0) is 37.3 Å². The van der Waals surface area contributed by atoms with Gasteiger partial charge in [0.1, 0.15) is 24.0 Å². The molecule has 0 radical (unpaired) electrons. The highest BCUT2D eigenvalue weighted by molar-refractivity contribution is 9.10. The summed E-state index contributed by atoms with van der Waals surface area (Å²) in [6.45, 7) is 1.54. The van der Waals surface area contributed by atoms with Crippen LogP contribution in [0, 0.1) is 22.9 Å². The van der Waals surface area contributed by atoms with Crippen LogP contribution in [-0.2, 0) is 6.61 Å². The van der Waals surface area contributed by atoms with Crippen molar-refractivity contribution in [1.29, 1.82) is 0 Å². The minimum Gasteiger partial charge on any atom is -0.488 e. The number of halogens is 2. The smallest absolute Gasteiger partial charge is 0.282 e. The number of benzene rings is 3. The van der Waals surface area contributed by atoms with E-state index < -0.39 is 16.3 Å². The van der Waals surface area contributed by atoms with Gasteiger partial charge < -0.3 is 4.74 Å². The minimum absolute atomic E-state index is 0.0874. The van der Waals surface area contributed by atoms with E-state index in [1.807, 2.05) is 0 Å². The zero-order valence-corrected chi connectivity index (χ0v) is 18.8. The molecule has 3 aromatic carbocycles. The quantitative estimate of drug-likeness (QED) is 0.207. The maximum Gasteiger partial charge on any atom is 0.282 e. The van der Waals surface area contributed by atoms with Gasteiger partial charge >= 0.3 is 0 Å². The maximum atomic E-state index is 13.9. The number of nitrogens with zero attached hydrogens (tertiary/aromatic N) is 4. The molecule has 0 fully saturated rings. The standard InChI is InChI=1S/C23H16BrFN4O4/c1-14-27-21-8-6-17(24)11-19(21)23(30)28(14)26-12-16-10-18(29(31)32)7-9-22(16)33-13-15-4-2-3-5-20(15)25/h2-12H,13H2,1H3. The van der Waals surface area contributed by atoms with Crippen molar-refractivity contribution in [1.82, 2.24) is 9.66 Å². The molecule has 0 saturated heterocycles. The topological polar surface area (TPSA) is 99.6 Å². The average molecular weight is 511 g/mol. The van der Waals surface area contributed by atoms with Crippen molar-refractivity contribution < 1.29 is 14.1 Å². The zero-order chi connectivity index (χ0) is 23.5. The summed E-state index contributed by atoms with van der Waals surface area (Å²) in [5.41, 5.74) is 0.529. The Morgan fingerprint density at radius 1 is 1.21 bits per heavy atom. The van der Waals surface area contributed by atoms with Crippen LogP contribution < -0.4 is 10.3 Å². The Balaban J connectivity index is 1.73. The molecule has 10 heteroatoms. The van der Waals surface area contributed by atoms with E-state index in [1.165, 1.54) is 30.5 Å². The van der Waals surface area contributed by atoms with Crippen LogP contribution in [0.25, 0.3) is 10.9 Å². The van der Waals surface area contributed by atoms with E-state index in [4.69, 9.17) is 4.74 Å². The lowest BCUT2D eigenvalue weighted by Gasteiger charge is -2.10. The van der Waals surface area contributed by atoms with E-state index in [1.54, 1.807) is 43.3 Å². The highest BCUT2D eigenvalue weighted by Gasteiger charge is 2.13. The van der Waals surface area contributed by atoms with Gasteiger partial charge in [-0.3, -0.25) is 14.9 Å². The van der Waals surface area contributed by atoms with Gasteiger partial charge in [0.05, 0.1) is 22.0 Å². The first-order chi connectivity index (χ1) is 15.8. The van der Waals surface area contributed by atoms with E-state index in [2.05, 4.69) is 26.0 Å². The molecule has 33 heavy (non-hydrogen) atoms. The summed E-state index contributed by atoms with van der Waals surface area (Å²) in [6.07, 6.45) is 1.28. The fourth-order valence-corrected chi connectivity index (χ4v) is 3.53. The predicted octanol–water partition coefficient (Wildman–Crippen LogP) is 4.98. The van der Waals surface area contributed by atoms with Gasteiger partial charge in [-0.25, -0.2) is 9.37 Å². The van der Waals surface area contributed by atoms with Crippen LogP contribution in [0.4, 0.5) is 10.1 Å². The number of nitro benzene ring substituents is 1. The van der Waals surface area contributed by atoms with Gasteiger partial charge in [-0.15, -0.1) is 0 Å². The van der Waals surface area contributed by atoms with Crippen LogP contribution in [0.15, 0.2) is 75.0 Å². The van der Waals surface area contributed by atoms with Gasteiger partial charge in [-0.2, -0.15) is 9.78 Å². The van der Waals surface area contributed by atoms with Gasteiger partial charge in [-0.1, -0.05) is 34.1 Å². The molecule has 166 valence electrons. The van der Waals surface area contributed by atoms with Gasteiger partial charge in [0.25, 0.3) is 11.2 Å². The van der Waals surface area contributed by atoms with E-state index in [0.717, 1.165) is 9.15 Å². The molecule has 0 atom stereocenters. The highest BCUT2D eigenvalue weighted by Crippen LogP contribution is 2.24. The molecule has 1 aromatic heterocycles. The number of aromatic nitrogens is 2. The number of fused-ring (bicyclic) bond motifs is 1. The Labute approximate surface area is 195 Å². The Kier molecular flexibility index (Phi) is 6.27. The summed E-state index contributed by atoms with van der Waals surface area (Å²) in [5, 5.41) is 15.8. The third-order valence-corrected chi connectivity index (χ3v) is 5.32. The first kappa shape index (κ1) is 22.3. The third kappa shape index (κ3) is 4.80. The summed E-state index contributed by atoms with van der Waals surface area (Å²) in [7, 11) is 0. The van der Waals surface area contributed by atoms with Crippen molar-refractivity contribution in [2.75, 3.05) is 0 Å². The summed E-state index contributed by atoms with van der Waals surface area (Å²) >= 11 is 3.34. The number of nitro groups is 1. The normalized spacial score (nSPS) is 11.2. The Morgan fingerprint density at radius 3 is 2.76 bits per heavy atom.